The van der Waals surface area contributed by atoms with Gasteiger partial charge in [0.15, 0.2) is 0 Å². The summed E-state index contributed by atoms with van der Waals surface area (Å²) in [4.78, 5) is 13.4. The number of hydrogen-bond donors (Lipinski definition) is 1. The van der Waals surface area contributed by atoms with Gasteiger partial charge in [-0.05, 0) is 30.3 Å². The third-order valence-electron chi connectivity index (χ3n) is 2.95. The Morgan fingerprint density at radius 3 is 2.42 bits per heavy atom. The zero-order valence-electron chi connectivity index (χ0n) is 11.0. The lowest BCUT2D eigenvalue weighted by Crippen LogP contribution is -2.12. The average molecular weight is 256 g/mol. The molecule has 0 bridgehead atoms. The minimum atomic E-state index is -0.388. The summed E-state index contributed by atoms with van der Waals surface area (Å²) in [6.45, 7) is 0. The number of para-hydroxylation sites is 1. The zero-order chi connectivity index (χ0) is 13.8. The third-order valence-corrected chi connectivity index (χ3v) is 2.95. The second-order valence-electron chi connectivity index (χ2n) is 4.16. The highest BCUT2D eigenvalue weighted by Crippen LogP contribution is 2.29. The summed E-state index contributed by atoms with van der Waals surface area (Å²) >= 11 is 0. The van der Waals surface area contributed by atoms with Crippen molar-refractivity contribution in [2.24, 2.45) is 0 Å². The summed E-state index contributed by atoms with van der Waals surface area (Å²) in [6, 6.07) is 15.0. The highest BCUT2D eigenvalue weighted by Gasteiger charge is 2.11. The number of nitrogens with zero attached hydrogens (tertiary/aromatic N) is 1. The van der Waals surface area contributed by atoms with Gasteiger partial charge in [0.05, 0.1) is 24.0 Å². The molecule has 4 heteroatoms. The molecule has 2 N–H and O–H groups in total. The van der Waals surface area contributed by atoms with E-state index in [1.807, 2.05) is 48.3 Å². The van der Waals surface area contributed by atoms with Crippen molar-refractivity contribution < 1.29 is 9.53 Å². The molecule has 0 aliphatic heterocycles. The average Bonchev–Trinajstić information content (AvgIpc) is 2.46. The van der Waals surface area contributed by atoms with E-state index in [1.165, 1.54) is 7.11 Å². The van der Waals surface area contributed by atoms with Crippen molar-refractivity contribution in [2.45, 2.75) is 0 Å². The van der Waals surface area contributed by atoms with Crippen molar-refractivity contribution in [1.29, 1.82) is 0 Å². The molecule has 98 valence electrons. The molecule has 2 aromatic carbocycles. The van der Waals surface area contributed by atoms with Crippen LogP contribution in [0.5, 0.6) is 0 Å². The van der Waals surface area contributed by atoms with Gasteiger partial charge in [-0.1, -0.05) is 18.2 Å². The highest BCUT2D eigenvalue weighted by atomic mass is 16.5. The molecule has 0 aromatic heterocycles. The Morgan fingerprint density at radius 1 is 1.16 bits per heavy atom. The molecule has 0 aliphatic rings. The molecule has 0 saturated carbocycles. The molecule has 0 spiro atoms. The maximum atomic E-state index is 11.4. The minimum absolute atomic E-state index is 0.388. The fourth-order valence-electron chi connectivity index (χ4n) is 1.90. The molecule has 0 unspecified atom stereocenters. The number of rotatable bonds is 3. The molecule has 19 heavy (non-hydrogen) atoms. The Bertz CT molecular complexity index is 582. The quantitative estimate of drug-likeness (QED) is 0.677. The Hall–Kier alpha value is -2.49. The smallest absolute Gasteiger partial charge is 0.337 e. The number of benzene rings is 2. The first-order valence-corrected chi connectivity index (χ1v) is 5.90. The van der Waals surface area contributed by atoms with Crippen molar-refractivity contribution in [3.8, 4) is 0 Å². The van der Waals surface area contributed by atoms with Gasteiger partial charge in [-0.2, -0.15) is 0 Å². The van der Waals surface area contributed by atoms with E-state index < -0.39 is 0 Å². The Morgan fingerprint density at radius 2 is 1.84 bits per heavy atom. The topological polar surface area (TPSA) is 55.6 Å². The summed E-state index contributed by atoms with van der Waals surface area (Å²) in [5, 5.41) is 0. The lowest BCUT2D eigenvalue weighted by molar-refractivity contribution is 0.0601. The van der Waals surface area contributed by atoms with Crippen LogP contribution in [0.2, 0.25) is 0 Å². The van der Waals surface area contributed by atoms with E-state index in [-0.39, 0.29) is 5.97 Å². The second kappa shape index (κ2) is 5.44. The number of hydrogen-bond acceptors (Lipinski definition) is 4. The minimum Gasteiger partial charge on any atom is -0.465 e. The van der Waals surface area contributed by atoms with Gasteiger partial charge in [0.1, 0.15) is 0 Å². The van der Waals surface area contributed by atoms with Gasteiger partial charge in [0.25, 0.3) is 0 Å². The summed E-state index contributed by atoms with van der Waals surface area (Å²) in [6.07, 6.45) is 0. The van der Waals surface area contributed by atoms with E-state index in [9.17, 15) is 4.79 Å². The van der Waals surface area contributed by atoms with Crippen LogP contribution in [0.15, 0.2) is 48.5 Å². The lowest BCUT2D eigenvalue weighted by atomic mass is 10.1. The van der Waals surface area contributed by atoms with Crippen LogP contribution in [0.4, 0.5) is 17.1 Å². The van der Waals surface area contributed by atoms with E-state index in [4.69, 9.17) is 5.73 Å². The highest BCUT2D eigenvalue weighted by molar-refractivity contribution is 5.92. The molecule has 2 aromatic rings. The first-order chi connectivity index (χ1) is 9.13. The van der Waals surface area contributed by atoms with Crippen LogP contribution in [0, 0.1) is 0 Å². The van der Waals surface area contributed by atoms with Crippen LogP contribution in [-0.2, 0) is 4.74 Å². The number of methoxy groups -OCH3 is 1. The van der Waals surface area contributed by atoms with E-state index in [0.717, 1.165) is 11.4 Å². The van der Waals surface area contributed by atoms with E-state index >= 15 is 0 Å². The van der Waals surface area contributed by atoms with Crippen molar-refractivity contribution in [1.82, 2.24) is 0 Å². The largest absolute Gasteiger partial charge is 0.465 e. The lowest BCUT2D eigenvalue weighted by Gasteiger charge is -2.21. The van der Waals surface area contributed by atoms with Gasteiger partial charge >= 0.3 is 5.97 Å². The zero-order valence-corrected chi connectivity index (χ0v) is 11.0. The summed E-state index contributed by atoms with van der Waals surface area (Å²) in [5.74, 6) is -0.388. The number of nitrogen functional groups attached to an aromatic ring is 1. The number of nitrogens with two attached hydrogens (primary N) is 1. The van der Waals surface area contributed by atoms with Crippen LogP contribution in [-0.4, -0.2) is 20.1 Å². The first-order valence-electron chi connectivity index (χ1n) is 5.90. The second-order valence-corrected chi connectivity index (χ2v) is 4.16. The maximum absolute atomic E-state index is 11.4. The summed E-state index contributed by atoms with van der Waals surface area (Å²) < 4.78 is 4.67. The molecule has 0 radical (unpaired) electrons. The first kappa shape index (κ1) is 13.0. The number of carbonyl (C=O) groups is 1. The molecule has 0 saturated heterocycles. The molecular weight excluding hydrogens is 240 g/mol. The Balaban J connectivity index is 2.34. The standard InChI is InChI=1S/C15H16N2O2/c1-17(12-6-4-3-5-7-12)14-9-8-11(10-13(14)16)15(18)19-2/h3-10H,16H2,1-2H3. The van der Waals surface area contributed by atoms with Gasteiger partial charge in [-0.3, -0.25) is 0 Å². The van der Waals surface area contributed by atoms with E-state index in [0.29, 0.717) is 11.3 Å². The van der Waals surface area contributed by atoms with Gasteiger partial charge in [-0.25, -0.2) is 4.79 Å². The Labute approximate surface area is 112 Å². The van der Waals surface area contributed by atoms with Gasteiger partial charge in [-0.15, -0.1) is 0 Å². The molecular formula is C15H16N2O2. The Kier molecular flexibility index (Phi) is 3.71. The number of esters is 1. The fourth-order valence-corrected chi connectivity index (χ4v) is 1.90. The van der Waals surface area contributed by atoms with E-state index in [1.54, 1.807) is 12.1 Å². The van der Waals surface area contributed by atoms with Crippen LogP contribution < -0.4 is 10.6 Å². The molecule has 0 atom stereocenters. The van der Waals surface area contributed by atoms with Crippen LogP contribution in [0.25, 0.3) is 0 Å². The maximum Gasteiger partial charge on any atom is 0.337 e. The van der Waals surface area contributed by atoms with Crippen molar-refractivity contribution >= 4 is 23.0 Å². The van der Waals surface area contributed by atoms with Crippen molar-refractivity contribution in [3.63, 3.8) is 0 Å². The molecule has 0 fully saturated rings. The van der Waals surface area contributed by atoms with Gasteiger partial charge in [0, 0.05) is 12.7 Å². The van der Waals surface area contributed by atoms with Crippen molar-refractivity contribution in [2.75, 3.05) is 24.8 Å². The predicted molar refractivity (Wildman–Crippen MR) is 76.7 cm³/mol. The SMILES string of the molecule is COC(=O)c1ccc(N(C)c2ccccc2)c(N)c1. The molecule has 0 amide bonds. The fraction of sp³-hybridized carbons (Fsp3) is 0.133. The monoisotopic (exact) mass is 256 g/mol. The number of ether oxygens (including phenoxy) is 1. The predicted octanol–water partition coefficient (Wildman–Crippen LogP) is 2.82. The van der Waals surface area contributed by atoms with Gasteiger partial charge in [0.2, 0.25) is 0 Å². The van der Waals surface area contributed by atoms with Crippen LogP contribution >= 0.6 is 0 Å². The number of anilines is 3. The van der Waals surface area contributed by atoms with Crippen LogP contribution in [0.3, 0.4) is 0 Å². The number of carbonyl (C=O) groups excluding carboxylic acids is 1. The third kappa shape index (κ3) is 2.68. The molecule has 4 nitrogen and oxygen atoms in total. The molecule has 0 aliphatic carbocycles. The summed E-state index contributed by atoms with van der Waals surface area (Å²) in [7, 11) is 3.28. The summed E-state index contributed by atoms with van der Waals surface area (Å²) in [5.41, 5.74) is 8.86. The van der Waals surface area contributed by atoms with Crippen LogP contribution in [0.1, 0.15) is 10.4 Å². The van der Waals surface area contributed by atoms with Gasteiger partial charge < -0.3 is 15.4 Å². The van der Waals surface area contributed by atoms with E-state index in [2.05, 4.69) is 4.74 Å². The molecule has 0 heterocycles. The van der Waals surface area contributed by atoms with Crippen molar-refractivity contribution in [3.05, 3.63) is 54.1 Å². The molecule has 2 rings (SSSR count). The normalized spacial score (nSPS) is 10.0.